The third kappa shape index (κ3) is 4.53. The summed E-state index contributed by atoms with van der Waals surface area (Å²) in [5.41, 5.74) is 1.87. The minimum absolute atomic E-state index is 0.0901. The fourth-order valence-corrected chi connectivity index (χ4v) is 5.05. The summed E-state index contributed by atoms with van der Waals surface area (Å²) in [4.78, 5) is 21.4. The van der Waals surface area contributed by atoms with E-state index in [2.05, 4.69) is 45.7 Å². The number of hydrogen-bond donors (Lipinski definition) is 2. The number of hydrogen-bond acceptors (Lipinski definition) is 3. The summed E-state index contributed by atoms with van der Waals surface area (Å²) in [7, 11) is 0. The molecule has 1 aromatic carbocycles. The van der Waals surface area contributed by atoms with E-state index in [1.165, 1.54) is 19.3 Å². The Hall–Kier alpha value is -2.21. The van der Waals surface area contributed by atoms with Gasteiger partial charge in [0.15, 0.2) is 0 Å². The number of nitrogens with one attached hydrogen (secondary N) is 2. The predicted molar refractivity (Wildman–Crippen MR) is 120 cm³/mol. The summed E-state index contributed by atoms with van der Waals surface area (Å²) in [6.07, 6.45) is 13.5. The highest BCUT2D eigenvalue weighted by Crippen LogP contribution is 2.38. The number of nitrogens with zero attached hydrogens (tertiary/aromatic N) is 2. The molecule has 1 fully saturated rings. The van der Waals surface area contributed by atoms with Crippen LogP contribution in [-0.4, -0.2) is 32.5 Å². The first-order valence-corrected chi connectivity index (χ1v) is 12.0. The number of rotatable bonds is 8. The Morgan fingerprint density at radius 3 is 2.69 bits per heavy atom. The van der Waals surface area contributed by atoms with E-state index < -0.39 is 0 Å². The van der Waals surface area contributed by atoms with Crippen molar-refractivity contribution in [1.82, 2.24) is 19.9 Å². The summed E-state index contributed by atoms with van der Waals surface area (Å²) in [6.45, 7) is 0. The van der Waals surface area contributed by atoms with Gasteiger partial charge in [0.05, 0.1) is 29.0 Å². The van der Waals surface area contributed by atoms with Crippen molar-refractivity contribution in [1.29, 1.82) is 0 Å². The van der Waals surface area contributed by atoms with Crippen LogP contribution in [0.15, 0.2) is 48.8 Å². The Labute approximate surface area is 176 Å². The molecule has 0 radical (unpaired) electrons. The number of para-hydroxylation sites is 2. The second-order valence-corrected chi connectivity index (χ2v) is 9.08. The molecular formula is C23H30N4OS. The van der Waals surface area contributed by atoms with Crippen LogP contribution in [0.4, 0.5) is 0 Å². The van der Waals surface area contributed by atoms with Crippen molar-refractivity contribution in [3.8, 4) is 0 Å². The van der Waals surface area contributed by atoms with Crippen molar-refractivity contribution < 1.29 is 4.79 Å². The maximum Gasteiger partial charge on any atom is 0.222 e. The molecule has 0 unspecified atom stereocenters. The van der Waals surface area contributed by atoms with Gasteiger partial charge in [0.2, 0.25) is 5.91 Å². The zero-order valence-corrected chi connectivity index (χ0v) is 17.9. The van der Waals surface area contributed by atoms with Crippen molar-refractivity contribution in [2.24, 2.45) is 0 Å². The average molecular weight is 411 g/mol. The second-order valence-electron chi connectivity index (χ2n) is 8.09. The molecule has 0 saturated heterocycles. The standard InChI is InChI=1S/C23H30N4OS/c1-29-16-11-20(22-25-18-9-3-4-10-19(18)26-22)24-21(28)17-23(12-5-2-6-13-23)27-14-7-8-15-27/h3-4,7-10,14-15,20H,2,5-6,11-13,16-17H2,1H3,(H,24,28)(H,25,26)/t20-/m1/s1. The minimum Gasteiger partial charge on any atom is -0.348 e. The van der Waals surface area contributed by atoms with E-state index >= 15 is 0 Å². The van der Waals surface area contributed by atoms with Gasteiger partial charge in [-0.2, -0.15) is 11.8 Å². The lowest BCUT2D eigenvalue weighted by Gasteiger charge is -2.39. The van der Waals surface area contributed by atoms with E-state index in [1.807, 2.05) is 24.3 Å². The molecule has 6 heteroatoms. The number of thioether (sulfide) groups is 1. The molecule has 29 heavy (non-hydrogen) atoms. The van der Waals surface area contributed by atoms with Crippen molar-refractivity contribution in [2.45, 2.75) is 56.5 Å². The van der Waals surface area contributed by atoms with Crippen LogP contribution in [0.3, 0.4) is 0 Å². The Kier molecular flexibility index (Phi) is 6.28. The number of carbonyl (C=O) groups is 1. The summed E-state index contributed by atoms with van der Waals surface area (Å²) in [5, 5.41) is 3.30. The molecule has 3 aromatic rings. The van der Waals surface area contributed by atoms with Gasteiger partial charge in [-0.15, -0.1) is 0 Å². The van der Waals surface area contributed by atoms with E-state index in [-0.39, 0.29) is 17.5 Å². The van der Waals surface area contributed by atoms with Gasteiger partial charge in [-0.1, -0.05) is 31.4 Å². The van der Waals surface area contributed by atoms with E-state index in [1.54, 1.807) is 11.8 Å². The number of imidazole rings is 1. The Morgan fingerprint density at radius 1 is 1.21 bits per heavy atom. The van der Waals surface area contributed by atoms with Gasteiger partial charge in [-0.05, 0) is 55.5 Å². The molecule has 0 bridgehead atoms. The molecule has 4 rings (SSSR count). The first kappa shape index (κ1) is 20.1. The van der Waals surface area contributed by atoms with E-state index in [4.69, 9.17) is 4.98 Å². The lowest BCUT2D eigenvalue weighted by atomic mass is 9.78. The molecule has 0 aliphatic heterocycles. The van der Waals surface area contributed by atoms with Crippen molar-refractivity contribution >= 4 is 28.7 Å². The molecule has 1 aliphatic rings. The average Bonchev–Trinajstić information content (AvgIpc) is 3.42. The van der Waals surface area contributed by atoms with Gasteiger partial charge in [0, 0.05) is 12.4 Å². The van der Waals surface area contributed by atoms with Crippen LogP contribution in [0.2, 0.25) is 0 Å². The number of carbonyl (C=O) groups excluding carboxylic acids is 1. The molecule has 154 valence electrons. The Balaban J connectivity index is 1.52. The monoisotopic (exact) mass is 410 g/mol. The van der Waals surface area contributed by atoms with Crippen molar-refractivity contribution in [2.75, 3.05) is 12.0 Å². The highest BCUT2D eigenvalue weighted by molar-refractivity contribution is 7.98. The molecular weight excluding hydrogens is 380 g/mol. The Bertz CT molecular complexity index is 894. The normalized spacial score (nSPS) is 17.3. The number of amides is 1. The van der Waals surface area contributed by atoms with Gasteiger partial charge >= 0.3 is 0 Å². The fraction of sp³-hybridized carbons (Fsp3) is 0.478. The largest absolute Gasteiger partial charge is 0.348 e. The maximum atomic E-state index is 13.2. The van der Waals surface area contributed by atoms with Crippen molar-refractivity contribution in [3.63, 3.8) is 0 Å². The second kappa shape index (κ2) is 9.08. The van der Waals surface area contributed by atoms with Crippen LogP contribution in [0.5, 0.6) is 0 Å². The smallest absolute Gasteiger partial charge is 0.222 e. The summed E-state index contributed by atoms with van der Waals surface area (Å²) >= 11 is 1.79. The van der Waals surface area contributed by atoms with Crippen LogP contribution in [0.25, 0.3) is 11.0 Å². The quantitative estimate of drug-likeness (QED) is 0.548. The summed E-state index contributed by atoms with van der Waals surface area (Å²) in [6, 6.07) is 12.1. The number of fused-ring (bicyclic) bond motifs is 1. The lowest BCUT2D eigenvalue weighted by Crippen LogP contribution is -2.41. The molecule has 2 aromatic heterocycles. The van der Waals surface area contributed by atoms with Crippen LogP contribution in [-0.2, 0) is 10.3 Å². The molecule has 1 aliphatic carbocycles. The van der Waals surface area contributed by atoms with Gasteiger partial charge in [-0.25, -0.2) is 4.98 Å². The van der Waals surface area contributed by atoms with Gasteiger partial charge < -0.3 is 14.9 Å². The maximum absolute atomic E-state index is 13.2. The van der Waals surface area contributed by atoms with Crippen molar-refractivity contribution in [3.05, 3.63) is 54.6 Å². The zero-order chi connectivity index (χ0) is 20.1. The van der Waals surface area contributed by atoms with Crippen LogP contribution in [0, 0.1) is 0 Å². The van der Waals surface area contributed by atoms with Crippen LogP contribution < -0.4 is 5.32 Å². The van der Waals surface area contributed by atoms with E-state index in [0.29, 0.717) is 6.42 Å². The molecule has 2 heterocycles. The molecule has 1 amide bonds. The summed E-state index contributed by atoms with van der Waals surface area (Å²) in [5.74, 6) is 1.95. The van der Waals surface area contributed by atoms with Gasteiger partial charge in [0.1, 0.15) is 5.82 Å². The molecule has 1 saturated carbocycles. The number of benzene rings is 1. The predicted octanol–water partition coefficient (Wildman–Crippen LogP) is 5.02. The topological polar surface area (TPSA) is 62.7 Å². The number of aromatic nitrogens is 3. The fourth-order valence-electron chi connectivity index (χ4n) is 4.58. The highest BCUT2D eigenvalue weighted by Gasteiger charge is 2.36. The third-order valence-electron chi connectivity index (χ3n) is 6.11. The van der Waals surface area contributed by atoms with Crippen LogP contribution >= 0.6 is 11.8 Å². The minimum atomic E-state index is -0.0935. The lowest BCUT2D eigenvalue weighted by molar-refractivity contribution is -0.124. The third-order valence-corrected chi connectivity index (χ3v) is 6.75. The molecule has 0 spiro atoms. The first-order chi connectivity index (χ1) is 14.2. The van der Waals surface area contributed by atoms with Gasteiger partial charge in [0.25, 0.3) is 0 Å². The number of aromatic amines is 1. The first-order valence-electron chi connectivity index (χ1n) is 10.6. The van der Waals surface area contributed by atoms with E-state index in [9.17, 15) is 4.79 Å². The molecule has 2 N–H and O–H groups in total. The van der Waals surface area contributed by atoms with Crippen LogP contribution in [0.1, 0.15) is 56.8 Å². The van der Waals surface area contributed by atoms with Gasteiger partial charge in [-0.3, -0.25) is 4.79 Å². The Morgan fingerprint density at radius 2 is 1.97 bits per heavy atom. The molecule has 1 atom stereocenters. The number of H-pyrrole nitrogens is 1. The zero-order valence-electron chi connectivity index (χ0n) is 17.1. The highest BCUT2D eigenvalue weighted by atomic mass is 32.2. The van der Waals surface area contributed by atoms with E-state index in [0.717, 1.165) is 41.9 Å². The molecule has 5 nitrogen and oxygen atoms in total. The SMILES string of the molecule is CSCC[C@@H](NC(=O)CC1(n2cccc2)CCCCC1)c1nc2ccccc2[nH]1. The summed E-state index contributed by atoms with van der Waals surface area (Å²) < 4.78 is 2.27.